The van der Waals surface area contributed by atoms with Gasteiger partial charge in [0.25, 0.3) is 10.0 Å². The molecule has 0 unspecified atom stereocenters. The van der Waals surface area contributed by atoms with Crippen molar-refractivity contribution in [2.24, 2.45) is 0 Å². The molecule has 0 radical (unpaired) electrons. The van der Waals surface area contributed by atoms with Crippen molar-refractivity contribution in [3.05, 3.63) is 0 Å². The van der Waals surface area contributed by atoms with Crippen molar-refractivity contribution in [3.8, 4) is 0 Å². The van der Waals surface area contributed by atoms with Crippen LogP contribution in [0.3, 0.4) is 0 Å². The molecule has 10 heteroatoms. The Balaban J connectivity index is 1.82. The second-order valence-corrected chi connectivity index (χ2v) is 6.71. The van der Waals surface area contributed by atoms with E-state index in [1.54, 1.807) is 0 Å². The van der Waals surface area contributed by atoms with Crippen LogP contribution in [0.2, 0.25) is 0 Å². The molecule has 0 spiro atoms. The Labute approximate surface area is 109 Å². The van der Waals surface area contributed by atoms with E-state index in [0.29, 0.717) is 26.3 Å². The predicted molar refractivity (Wildman–Crippen MR) is 66.8 cm³/mol. The molecule has 0 amide bonds. The molecule has 2 rings (SSSR count). The number of morpholine rings is 1. The molecule has 8 nitrogen and oxygen atoms in total. The number of nitrogens with one attached hydrogen (secondary N) is 1. The molecule has 0 aromatic carbocycles. The van der Waals surface area contributed by atoms with Gasteiger partial charge in [-0.15, -0.1) is 10.2 Å². The highest BCUT2D eigenvalue weighted by Gasteiger charge is 2.19. The maximum absolute atomic E-state index is 11.8. The topological polar surface area (TPSA) is 110 Å². The first-order valence-electron chi connectivity index (χ1n) is 5.47. The number of nitrogens with zero attached hydrogens (tertiary/aromatic N) is 3. The van der Waals surface area contributed by atoms with E-state index in [1.165, 1.54) is 0 Å². The molecule has 102 valence electrons. The third kappa shape index (κ3) is 3.59. The van der Waals surface area contributed by atoms with Crippen LogP contribution in [0.4, 0.5) is 5.13 Å². The molecule has 3 N–H and O–H groups in total. The standard InChI is InChI=1S/C8H15N5O3S2/c9-7-11-12-8(17-7)18(14,15)10-1-2-13-3-5-16-6-4-13/h10H,1-6H2,(H2,9,11). The number of nitrogen functional groups attached to an aromatic ring is 1. The smallest absolute Gasteiger partial charge is 0.269 e. The van der Waals surface area contributed by atoms with Gasteiger partial charge in [0.05, 0.1) is 13.2 Å². The molecule has 1 saturated heterocycles. The lowest BCUT2D eigenvalue weighted by Gasteiger charge is -2.26. The fraction of sp³-hybridized carbons (Fsp3) is 0.750. The van der Waals surface area contributed by atoms with E-state index in [1.807, 2.05) is 0 Å². The molecular weight excluding hydrogens is 278 g/mol. The van der Waals surface area contributed by atoms with Gasteiger partial charge in [0.1, 0.15) is 0 Å². The molecule has 1 aliphatic heterocycles. The van der Waals surface area contributed by atoms with E-state index >= 15 is 0 Å². The first-order valence-corrected chi connectivity index (χ1v) is 7.76. The lowest BCUT2D eigenvalue weighted by Crippen LogP contribution is -2.41. The Morgan fingerprint density at radius 3 is 2.72 bits per heavy atom. The molecule has 0 bridgehead atoms. The Morgan fingerprint density at radius 2 is 2.11 bits per heavy atom. The number of anilines is 1. The summed E-state index contributed by atoms with van der Waals surface area (Å²) in [7, 11) is -3.58. The highest BCUT2D eigenvalue weighted by Crippen LogP contribution is 2.16. The average molecular weight is 293 g/mol. The highest BCUT2D eigenvalue weighted by molar-refractivity contribution is 7.91. The maximum atomic E-state index is 11.8. The summed E-state index contributed by atoms with van der Waals surface area (Å²) in [5, 5.41) is 7.14. The summed E-state index contributed by atoms with van der Waals surface area (Å²) < 4.78 is 31.2. The van der Waals surface area contributed by atoms with Crippen LogP contribution in [-0.2, 0) is 14.8 Å². The zero-order valence-electron chi connectivity index (χ0n) is 9.70. The summed E-state index contributed by atoms with van der Waals surface area (Å²) >= 11 is 0.852. The van der Waals surface area contributed by atoms with Crippen molar-refractivity contribution >= 4 is 26.5 Å². The number of sulfonamides is 1. The molecule has 1 fully saturated rings. The number of ether oxygens (including phenoxy) is 1. The monoisotopic (exact) mass is 293 g/mol. The minimum Gasteiger partial charge on any atom is -0.379 e. The SMILES string of the molecule is Nc1nnc(S(=O)(=O)NCCN2CCOCC2)s1. The van der Waals surface area contributed by atoms with Gasteiger partial charge in [0.2, 0.25) is 9.47 Å². The summed E-state index contributed by atoms with van der Waals surface area (Å²) in [6.07, 6.45) is 0. The van der Waals surface area contributed by atoms with Gasteiger partial charge in [0, 0.05) is 26.2 Å². The summed E-state index contributed by atoms with van der Waals surface area (Å²) in [6, 6.07) is 0. The number of aromatic nitrogens is 2. The lowest BCUT2D eigenvalue weighted by molar-refractivity contribution is 0.0390. The van der Waals surface area contributed by atoms with Crippen molar-refractivity contribution in [1.82, 2.24) is 19.8 Å². The molecule has 0 atom stereocenters. The van der Waals surface area contributed by atoms with Crippen molar-refractivity contribution < 1.29 is 13.2 Å². The van der Waals surface area contributed by atoms with Crippen molar-refractivity contribution in [2.75, 3.05) is 45.1 Å². The van der Waals surface area contributed by atoms with Crippen molar-refractivity contribution in [1.29, 1.82) is 0 Å². The second-order valence-electron chi connectivity index (χ2n) is 3.76. The van der Waals surface area contributed by atoms with Crippen LogP contribution in [0, 0.1) is 0 Å². The van der Waals surface area contributed by atoms with Gasteiger partial charge < -0.3 is 10.5 Å². The minimum absolute atomic E-state index is 0.0954. The van der Waals surface area contributed by atoms with Crippen LogP contribution < -0.4 is 10.5 Å². The zero-order valence-corrected chi connectivity index (χ0v) is 11.3. The Morgan fingerprint density at radius 1 is 1.39 bits per heavy atom. The highest BCUT2D eigenvalue weighted by atomic mass is 32.2. The van der Waals surface area contributed by atoms with Gasteiger partial charge in [-0.25, -0.2) is 13.1 Å². The van der Waals surface area contributed by atoms with Crippen LogP contribution >= 0.6 is 11.3 Å². The quantitative estimate of drug-likeness (QED) is 0.696. The Hall–Kier alpha value is -0.810. The van der Waals surface area contributed by atoms with Crippen LogP contribution in [0.25, 0.3) is 0 Å². The molecule has 1 aromatic heterocycles. The summed E-state index contributed by atoms with van der Waals surface area (Å²) in [5.74, 6) is 0. The van der Waals surface area contributed by atoms with Crippen LogP contribution in [0.1, 0.15) is 0 Å². The largest absolute Gasteiger partial charge is 0.379 e. The molecule has 0 saturated carbocycles. The average Bonchev–Trinajstić information content (AvgIpc) is 2.78. The van der Waals surface area contributed by atoms with Crippen LogP contribution in [0.15, 0.2) is 4.34 Å². The summed E-state index contributed by atoms with van der Waals surface area (Å²) in [5.41, 5.74) is 5.35. The van der Waals surface area contributed by atoms with Crippen LogP contribution in [0.5, 0.6) is 0 Å². The van der Waals surface area contributed by atoms with E-state index in [0.717, 1.165) is 24.4 Å². The van der Waals surface area contributed by atoms with Crippen molar-refractivity contribution in [2.45, 2.75) is 4.34 Å². The molecule has 18 heavy (non-hydrogen) atoms. The molecule has 0 aliphatic carbocycles. The number of nitrogens with two attached hydrogens (primary N) is 1. The molecular formula is C8H15N5O3S2. The fourth-order valence-electron chi connectivity index (χ4n) is 1.55. The van der Waals surface area contributed by atoms with E-state index < -0.39 is 10.0 Å². The third-order valence-corrected chi connectivity index (χ3v) is 5.06. The van der Waals surface area contributed by atoms with Crippen LogP contribution in [-0.4, -0.2) is 62.9 Å². The normalized spacial score (nSPS) is 18.0. The van der Waals surface area contributed by atoms with Gasteiger partial charge in [-0.05, 0) is 0 Å². The maximum Gasteiger partial charge on any atom is 0.269 e. The first kappa shape index (κ1) is 13.6. The Bertz CT molecular complexity index is 483. The molecule has 1 aliphatic rings. The number of hydrogen-bond donors (Lipinski definition) is 2. The van der Waals surface area contributed by atoms with Gasteiger partial charge in [0.15, 0.2) is 0 Å². The van der Waals surface area contributed by atoms with Crippen molar-refractivity contribution in [3.63, 3.8) is 0 Å². The third-order valence-electron chi connectivity index (χ3n) is 2.48. The Kier molecular flexibility index (Phi) is 4.45. The predicted octanol–water partition coefficient (Wildman–Crippen LogP) is -1.27. The van der Waals surface area contributed by atoms with E-state index in [2.05, 4.69) is 19.8 Å². The first-order chi connectivity index (χ1) is 8.58. The van der Waals surface area contributed by atoms with Gasteiger partial charge in [-0.2, -0.15) is 0 Å². The van der Waals surface area contributed by atoms with Gasteiger partial charge in [-0.1, -0.05) is 11.3 Å². The molecule has 1 aromatic rings. The lowest BCUT2D eigenvalue weighted by atomic mass is 10.4. The number of rotatable bonds is 5. The van der Waals surface area contributed by atoms with E-state index in [4.69, 9.17) is 10.5 Å². The number of hydrogen-bond acceptors (Lipinski definition) is 8. The van der Waals surface area contributed by atoms with E-state index in [-0.39, 0.29) is 9.47 Å². The summed E-state index contributed by atoms with van der Waals surface area (Å²) in [4.78, 5) is 2.14. The van der Waals surface area contributed by atoms with Gasteiger partial charge in [-0.3, -0.25) is 4.90 Å². The van der Waals surface area contributed by atoms with Gasteiger partial charge >= 0.3 is 0 Å². The fourth-order valence-corrected chi connectivity index (χ4v) is 3.40. The second kappa shape index (κ2) is 5.89. The van der Waals surface area contributed by atoms with E-state index in [9.17, 15) is 8.42 Å². The summed E-state index contributed by atoms with van der Waals surface area (Å²) in [6.45, 7) is 4.03. The zero-order chi connectivity index (χ0) is 13.0. The minimum atomic E-state index is -3.58. The molecule has 2 heterocycles.